The molecular formula is C16H26ClN3O5S. The Balaban J connectivity index is 0.00000338. The standard InChI is InChI=1S/C16H25N3O5S.ClH/c1-10-11(2)19(7-6-17-10)16(20)12-8-13(18-25(5,21)22)15(24-4)14(9-12)23-3;/h8-11,17-18H,6-7H2,1-5H3;1H. The molecule has 26 heavy (non-hydrogen) atoms. The van der Waals surface area contributed by atoms with E-state index >= 15 is 0 Å². The van der Waals surface area contributed by atoms with E-state index in [9.17, 15) is 13.2 Å². The fraction of sp³-hybridized carbons (Fsp3) is 0.562. The van der Waals surface area contributed by atoms with Crippen LogP contribution in [0.2, 0.25) is 0 Å². The molecule has 1 amide bonds. The van der Waals surface area contributed by atoms with Crippen molar-refractivity contribution in [2.45, 2.75) is 25.9 Å². The number of ether oxygens (including phenoxy) is 2. The van der Waals surface area contributed by atoms with Gasteiger partial charge in [-0.05, 0) is 26.0 Å². The van der Waals surface area contributed by atoms with Crippen LogP contribution >= 0.6 is 12.4 Å². The summed E-state index contributed by atoms with van der Waals surface area (Å²) in [6.07, 6.45) is 1.04. The van der Waals surface area contributed by atoms with Crippen molar-refractivity contribution in [1.82, 2.24) is 10.2 Å². The van der Waals surface area contributed by atoms with Gasteiger partial charge in [-0.15, -0.1) is 12.4 Å². The normalized spacial score (nSPS) is 20.1. The topological polar surface area (TPSA) is 97.0 Å². The van der Waals surface area contributed by atoms with Gasteiger partial charge in [0.25, 0.3) is 5.91 Å². The lowest BCUT2D eigenvalue weighted by Crippen LogP contribution is -2.57. The quantitative estimate of drug-likeness (QED) is 0.764. The van der Waals surface area contributed by atoms with Gasteiger partial charge in [-0.3, -0.25) is 9.52 Å². The average Bonchev–Trinajstić information content (AvgIpc) is 2.54. The summed E-state index contributed by atoms with van der Waals surface area (Å²) in [4.78, 5) is 14.7. The zero-order valence-corrected chi connectivity index (χ0v) is 17.2. The van der Waals surface area contributed by atoms with Crippen LogP contribution in [-0.2, 0) is 10.0 Å². The van der Waals surface area contributed by atoms with Crippen molar-refractivity contribution in [2.24, 2.45) is 0 Å². The zero-order valence-electron chi connectivity index (χ0n) is 15.5. The van der Waals surface area contributed by atoms with E-state index in [1.807, 2.05) is 13.8 Å². The summed E-state index contributed by atoms with van der Waals surface area (Å²) in [5.74, 6) is 0.333. The SMILES string of the molecule is COc1cc(C(=O)N2CCNC(C)C2C)cc(NS(C)(=O)=O)c1OC.Cl. The molecule has 0 spiro atoms. The van der Waals surface area contributed by atoms with Crippen LogP contribution in [0.25, 0.3) is 0 Å². The molecule has 0 aromatic heterocycles. The number of methoxy groups -OCH3 is 2. The van der Waals surface area contributed by atoms with Crippen LogP contribution in [0.5, 0.6) is 11.5 Å². The fourth-order valence-corrected chi connectivity index (χ4v) is 3.42. The molecule has 0 radical (unpaired) electrons. The zero-order chi connectivity index (χ0) is 18.8. The highest BCUT2D eigenvalue weighted by Crippen LogP contribution is 2.37. The Kier molecular flexibility index (Phi) is 7.55. The van der Waals surface area contributed by atoms with Gasteiger partial charge in [-0.2, -0.15) is 0 Å². The lowest BCUT2D eigenvalue weighted by Gasteiger charge is -2.38. The second-order valence-corrected chi connectivity index (χ2v) is 7.86. The van der Waals surface area contributed by atoms with Gasteiger partial charge < -0.3 is 19.7 Å². The Morgan fingerprint density at radius 3 is 2.46 bits per heavy atom. The minimum absolute atomic E-state index is 0. The molecule has 0 aliphatic carbocycles. The Hall–Kier alpha value is -1.71. The van der Waals surface area contributed by atoms with Gasteiger partial charge in [0.2, 0.25) is 10.0 Å². The molecule has 10 heteroatoms. The predicted molar refractivity (Wildman–Crippen MR) is 103 cm³/mol. The van der Waals surface area contributed by atoms with Gasteiger partial charge in [0.1, 0.15) is 0 Å². The molecule has 2 unspecified atom stereocenters. The summed E-state index contributed by atoms with van der Waals surface area (Å²) in [5, 5.41) is 3.32. The molecule has 1 fully saturated rings. The number of halogens is 1. The van der Waals surface area contributed by atoms with Gasteiger partial charge in [0.15, 0.2) is 11.5 Å². The number of piperazine rings is 1. The van der Waals surface area contributed by atoms with Gasteiger partial charge >= 0.3 is 0 Å². The third-order valence-corrected chi connectivity index (χ3v) is 4.91. The lowest BCUT2D eigenvalue weighted by atomic mass is 10.0. The Labute approximate surface area is 160 Å². The van der Waals surface area contributed by atoms with Gasteiger partial charge in [0, 0.05) is 30.7 Å². The number of carbonyl (C=O) groups excluding carboxylic acids is 1. The van der Waals surface area contributed by atoms with Gasteiger partial charge in [-0.1, -0.05) is 0 Å². The van der Waals surface area contributed by atoms with E-state index in [2.05, 4.69) is 10.0 Å². The monoisotopic (exact) mass is 407 g/mol. The molecule has 2 atom stereocenters. The van der Waals surface area contributed by atoms with E-state index in [1.54, 1.807) is 11.0 Å². The number of rotatable bonds is 5. The highest BCUT2D eigenvalue weighted by atomic mass is 35.5. The van der Waals surface area contributed by atoms with Gasteiger partial charge in [0.05, 0.1) is 26.2 Å². The van der Waals surface area contributed by atoms with Crippen molar-refractivity contribution >= 4 is 34.0 Å². The largest absolute Gasteiger partial charge is 0.493 e. The van der Waals surface area contributed by atoms with Crippen LogP contribution in [0.1, 0.15) is 24.2 Å². The highest BCUT2D eigenvalue weighted by Gasteiger charge is 2.30. The number of nitrogens with one attached hydrogen (secondary N) is 2. The second kappa shape index (κ2) is 8.79. The fourth-order valence-electron chi connectivity index (χ4n) is 2.87. The van der Waals surface area contributed by atoms with Crippen molar-refractivity contribution in [2.75, 3.05) is 38.3 Å². The van der Waals surface area contributed by atoms with E-state index in [1.165, 1.54) is 20.3 Å². The van der Waals surface area contributed by atoms with Crippen LogP contribution in [0.15, 0.2) is 12.1 Å². The number of hydrogen-bond donors (Lipinski definition) is 2. The van der Waals surface area contributed by atoms with Gasteiger partial charge in [-0.25, -0.2) is 8.42 Å². The molecule has 1 aromatic rings. The smallest absolute Gasteiger partial charge is 0.254 e. The van der Waals surface area contributed by atoms with Crippen molar-refractivity contribution in [3.63, 3.8) is 0 Å². The maximum absolute atomic E-state index is 13.0. The number of amides is 1. The van der Waals surface area contributed by atoms with E-state index in [4.69, 9.17) is 9.47 Å². The molecule has 1 aliphatic heterocycles. The van der Waals surface area contributed by atoms with E-state index in [0.29, 0.717) is 18.7 Å². The molecule has 1 heterocycles. The van der Waals surface area contributed by atoms with Crippen LogP contribution in [0.4, 0.5) is 5.69 Å². The second-order valence-electron chi connectivity index (χ2n) is 6.12. The van der Waals surface area contributed by atoms with E-state index in [0.717, 1.165) is 6.26 Å². The third-order valence-electron chi connectivity index (χ3n) is 4.32. The van der Waals surface area contributed by atoms with E-state index in [-0.39, 0.29) is 47.6 Å². The summed E-state index contributed by atoms with van der Waals surface area (Å²) in [7, 11) is -0.696. The minimum atomic E-state index is -3.54. The summed E-state index contributed by atoms with van der Waals surface area (Å²) >= 11 is 0. The number of sulfonamides is 1. The Bertz CT molecular complexity index is 756. The first-order valence-corrected chi connectivity index (χ1v) is 9.85. The molecule has 2 rings (SSSR count). The summed E-state index contributed by atoms with van der Waals surface area (Å²) in [5.41, 5.74) is 0.508. The first-order valence-electron chi connectivity index (χ1n) is 7.96. The number of benzene rings is 1. The van der Waals surface area contributed by atoms with Crippen LogP contribution in [-0.4, -0.2) is 64.9 Å². The number of nitrogens with zero attached hydrogens (tertiary/aromatic N) is 1. The predicted octanol–water partition coefficient (Wildman–Crippen LogP) is 1.32. The Morgan fingerprint density at radius 1 is 1.27 bits per heavy atom. The molecule has 1 aromatic carbocycles. The molecular weight excluding hydrogens is 382 g/mol. The third kappa shape index (κ3) is 4.93. The summed E-state index contributed by atoms with van der Waals surface area (Å²) in [6.45, 7) is 5.28. The first-order chi connectivity index (χ1) is 11.7. The van der Waals surface area contributed by atoms with Crippen molar-refractivity contribution < 1.29 is 22.7 Å². The summed E-state index contributed by atoms with van der Waals surface area (Å²) in [6, 6.07) is 3.23. The average molecular weight is 408 g/mol. The first kappa shape index (κ1) is 22.3. The molecule has 1 aliphatic rings. The highest BCUT2D eigenvalue weighted by molar-refractivity contribution is 7.92. The van der Waals surface area contributed by atoms with Crippen molar-refractivity contribution in [3.05, 3.63) is 17.7 Å². The summed E-state index contributed by atoms with van der Waals surface area (Å²) < 4.78 is 36.2. The van der Waals surface area contributed by atoms with Crippen molar-refractivity contribution in [1.29, 1.82) is 0 Å². The van der Waals surface area contributed by atoms with Crippen LogP contribution in [0, 0.1) is 0 Å². The molecule has 148 valence electrons. The maximum atomic E-state index is 13.0. The van der Waals surface area contributed by atoms with E-state index < -0.39 is 10.0 Å². The van der Waals surface area contributed by atoms with Crippen LogP contribution < -0.4 is 19.5 Å². The Morgan fingerprint density at radius 2 is 1.92 bits per heavy atom. The molecule has 2 N–H and O–H groups in total. The maximum Gasteiger partial charge on any atom is 0.254 e. The minimum Gasteiger partial charge on any atom is -0.493 e. The number of hydrogen-bond acceptors (Lipinski definition) is 6. The molecule has 0 saturated carbocycles. The van der Waals surface area contributed by atoms with Crippen molar-refractivity contribution in [3.8, 4) is 11.5 Å². The van der Waals surface area contributed by atoms with Crippen LogP contribution in [0.3, 0.4) is 0 Å². The molecule has 8 nitrogen and oxygen atoms in total. The molecule has 1 saturated heterocycles. The lowest BCUT2D eigenvalue weighted by molar-refractivity contribution is 0.0602. The number of carbonyl (C=O) groups is 1. The molecule has 0 bridgehead atoms. The number of anilines is 1.